The van der Waals surface area contributed by atoms with Gasteiger partial charge in [-0.25, -0.2) is 0 Å². The third kappa shape index (κ3) is 8.11. The summed E-state index contributed by atoms with van der Waals surface area (Å²) in [4.78, 5) is 12.6. The fourth-order valence-electron chi connectivity index (χ4n) is 3.25. The summed E-state index contributed by atoms with van der Waals surface area (Å²) in [7, 11) is 1.58. The highest BCUT2D eigenvalue weighted by Crippen LogP contribution is 2.29. The van der Waals surface area contributed by atoms with Crippen molar-refractivity contribution < 1.29 is 14.3 Å². The van der Waals surface area contributed by atoms with Crippen molar-refractivity contribution in [1.82, 2.24) is 0 Å². The Bertz CT molecular complexity index is 927. The van der Waals surface area contributed by atoms with E-state index in [1.807, 2.05) is 42.5 Å². The molecule has 1 amide bonds. The van der Waals surface area contributed by atoms with Crippen LogP contribution in [0.2, 0.25) is 0 Å². The minimum absolute atomic E-state index is 0.0235. The second kappa shape index (κ2) is 13.9. The highest BCUT2D eigenvalue weighted by atomic mass is 16.5. The van der Waals surface area contributed by atoms with Gasteiger partial charge in [-0.15, -0.1) is 0 Å². The van der Waals surface area contributed by atoms with Gasteiger partial charge in [-0.2, -0.15) is 5.26 Å². The van der Waals surface area contributed by atoms with E-state index in [1.165, 1.54) is 18.4 Å². The predicted octanol–water partition coefficient (Wildman–Crippen LogP) is 6.54. The average molecular weight is 435 g/mol. The maximum Gasteiger partial charge on any atom is 0.266 e. The number of hydrogen-bond acceptors (Lipinski definition) is 4. The van der Waals surface area contributed by atoms with Gasteiger partial charge in [-0.05, 0) is 60.7 Å². The summed E-state index contributed by atoms with van der Waals surface area (Å²) < 4.78 is 11.3. The van der Waals surface area contributed by atoms with Gasteiger partial charge in [0.2, 0.25) is 0 Å². The molecule has 0 aromatic heterocycles. The number of amides is 1. The highest BCUT2D eigenvalue weighted by molar-refractivity contribution is 6.09. The maximum absolute atomic E-state index is 12.6. The fraction of sp³-hybridized carbons (Fsp3) is 0.407. The first-order chi connectivity index (χ1) is 15.6. The summed E-state index contributed by atoms with van der Waals surface area (Å²) in [6.45, 7) is 4.97. The van der Waals surface area contributed by atoms with Gasteiger partial charge in [-0.1, -0.05) is 57.7 Å². The number of aryl methyl sites for hydroxylation is 1. The number of benzene rings is 2. The van der Waals surface area contributed by atoms with Crippen LogP contribution in [0.15, 0.2) is 48.0 Å². The number of nitriles is 1. The van der Waals surface area contributed by atoms with Crippen molar-refractivity contribution in [3.63, 3.8) is 0 Å². The first-order valence-corrected chi connectivity index (χ1v) is 11.4. The molecule has 0 radical (unpaired) electrons. The second-order valence-corrected chi connectivity index (χ2v) is 7.74. The van der Waals surface area contributed by atoms with Crippen molar-refractivity contribution in [3.8, 4) is 17.6 Å². The Morgan fingerprint density at radius 1 is 1.00 bits per heavy atom. The van der Waals surface area contributed by atoms with E-state index in [-0.39, 0.29) is 5.57 Å². The molecule has 0 spiro atoms. The van der Waals surface area contributed by atoms with Gasteiger partial charge in [0.15, 0.2) is 11.5 Å². The zero-order valence-corrected chi connectivity index (χ0v) is 19.4. The number of unbranched alkanes of at least 4 members (excludes halogenated alkanes) is 4. The Labute approximate surface area is 192 Å². The molecule has 2 aromatic carbocycles. The Kier molecular flexibility index (Phi) is 10.9. The molecule has 0 bridgehead atoms. The standard InChI is InChI=1S/C27H34N2O3/c1-4-6-8-9-17-32-25-16-13-22(19-26(25)31-3)18-23(20-28)27(30)29-24-14-11-21(12-15-24)10-7-5-2/h11-16,18-19H,4-10,17H2,1-3H3,(H,29,30)/b23-18+. The van der Waals surface area contributed by atoms with E-state index in [9.17, 15) is 10.1 Å². The third-order valence-electron chi connectivity index (χ3n) is 5.15. The van der Waals surface area contributed by atoms with Gasteiger partial charge in [-0.3, -0.25) is 4.79 Å². The molecule has 1 N–H and O–H groups in total. The summed E-state index contributed by atoms with van der Waals surface area (Å²) >= 11 is 0. The lowest BCUT2D eigenvalue weighted by Crippen LogP contribution is -2.13. The Morgan fingerprint density at radius 3 is 2.41 bits per heavy atom. The smallest absolute Gasteiger partial charge is 0.266 e. The van der Waals surface area contributed by atoms with Crippen LogP contribution in [-0.2, 0) is 11.2 Å². The van der Waals surface area contributed by atoms with Crippen molar-refractivity contribution in [2.45, 2.75) is 58.8 Å². The lowest BCUT2D eigenvalue weighted by Gasteiger charge is -2.11. The van der Waals surface area contributed by atoms with Crippen LogP contribution in [0, 0.1) is 11.3 Å². The predicted molar refractivity (Wildman–Crippen MR) is 130 cm³/mol. The van der Waals surface area contributed by atoms with Gasteiger partial charge >= 0.3 is 0 Å². The van der Waals surface area contributed by atoms with Crippen molar-refractivity contribution >= 4 is 17.7 Å². The minimum Gasteiger partial charge on any atom is -0.493 e. The third-order valence-corrected chi connectivity index (χ3v) is 5.15. The zero-order valence-electron chi connectivity index (χ0n) is 19.4. The van der Waals surface area contributed by atoms with Gasteiger partial charge in [0.1, 0.15) is 11.6 Å². The minimum atomic E-state index is -0.441. The van der Waals surface area contributed by atoms with Crippen LogP contribution >= 0.6 is 0 Å². The number of ether oxygens (including phenoxy) is 2. The van der Waals surface area contributed by atoms with Crippen LogP contribution in [0.5, 0.6) is 11.5 Å². The van der Waals surface area contributed by atoms with Crippen LogP contribution in [0.3, 0.4) is 0 Å². The fourth-order valence-corrected chi connectivity index (χ4v) is 3.25. The van der Waals surface area contributed by atoms with Crippen LogP contribution in [-0.4, -0.2) is 19.6 Å². The van der Waals surface area contributed by atoms with E-state index in [4.69, 9.17) is 9.47 Å². The Hall–Kier alpha value is -3.26. The average Bonchev–Trinajstić information content (AvgIpc) is 2.82. The SMILES string of the molecule is CCCCCCOc1ccc(/C=C(\C#N)C(=O)Nc2ccc(CCCC)cc2)cc1OC. The summed E-state index contributed by atoms with van der Waals surface area (Å²) in [5, 5.41) is 12.3. The molecule has 0 saturated carbocycles. The molecule has 0 saturated heterocycles. The number of nitrogens with zero attached hydrogens (tertiary/aromatic N) is 1. The van der Waals surface area contributed by atoms with Crippen LogP contribution < -0.4 is 14.8 Å². The molecule has 0 aliphatic carbocycles. The number of carbonyl (C=O) groups is 1. The van der Waals surface area contributed by atoms with Crippen LogP contribution in [0.25, 0.3) is 6.08 Å². The molecular formula is C27H34N2O3. The van der Waals surface area contributed by atoms with E-state index in [0.717, 1.165) is 32.1 Å². The molecule has 0 fully saturated rings. The molecule has 2 rings (SSSR count). The largest absolute Gasteiger partial charge is 0.493 e. The molecule has 0 aliphatic rings. The summed E-state index contributed by atoms with van der Waals surface area (Å²) in [6.07, 6.45) is 9.38. The van der Waals surface area contributed by atoms with Crippen molar-refractivity contribution in [2.75, 3.05) is 19.0 Å². The second-order valence-electron chi connectivity index (χ2n) is 7.74. The molecule has 2 aromatic rings. The van der Waals surface area contributed by atoms with E-state index < -0.39 is 5.91 Å². The number of rotatable bonds is 13. The van der Waals surface area contributed by atoms with Crippen molar-refractivity contribution in [1.29, 1.82) is 5.26 Å². The van der Waals surface area contributed by atoms with E-state index >= 15 is 0 Å². The number of anilines is 1. The van der Waals surface area contributed by atoms with Gasteiger partial charge in [0, 0.05) is 5.69 Å². The van der Waals surface area contributed by atoms with Gasteiger partial charge < -0.3 is 14.8 Å². The first-order valence-electron chi connectivity index (χ1n) is 11.4. The van der Waals surface area contributed by atoms with E-state index in [2.05, 4.69) is 19.2 Å². The van der Waals surface area contributed by atoms with Crippen molar-refractivity contribution in [2.24, 2.45) is 0 Å². The molecule has 5 heteroatoms. The lowest BCUT2D eigenvalue weighted by molar-refractivity contribution is -0.112. The normalized spacial score (nSPS) is 11.0. The quantitative estimate of drug-likeness (QED) is 0.221. The first kappa shape index (κ1) is 25.0. The van der Waals surface area contributed by atoms with E-state index in [0.29, 0.717) is 29.4 Å². The highest BCUT2D eigenvalue weighted by Gasteiger charge is 2.11. The van der Waals surface area contributed by atoms with Crippen LogP contribution in [0.1, 0.15) is 63.5 Å². The molecule has 0 unspecified atom stereocenters. The number of methoxy groups -OCH3 is 1. The van der Waals surface area contributed by atoms with Gasteiger partial charge in [0.25, 0.3) is 5.91 Å². The molecule has 0 heterocycles. The molecule has 170 valence electrons. The van der Waals surface area contributed by atoms with Crippen molar-refractivity contribution in [3.05, 3.63) is 59.2 Å². The maximum atomic E-state index is 12.6. The van der Waals surface area contributed by atoms with E-state index in [1.54, 1.807) is 19.3 Å². The molecular weight excluding hydrogens is 400 g/mol. The lowest BCUT2D eigenvalue weighted by atomic mass is 10.1. The number of carbonyl (C=O) groups excluding carboxylic acids is 1. The Balaban J connectivity index is 2.04. The number of nitrogens with one attached hydrogen (secondary N) is 1. The molecule has 32 heavy (non-hydrogen) atoms. The molecule has 5 nitrogen and oxygen atoms in total. The number of hydrogen-bond donors (Lipinski definition) is 1. The topological polar surface area (TPSA) is 71.3 Å². The molecule has 0 atom stereocenters. The van der Waals surface area contributed by atoms with Crippen LogP contribution in [0.4, 0.5) is 5.69 Å². The summed E-state index contributed by atoms with van der Waals surface area (Å²) in [6, 6.07) is 15.1. The summed E-state index contributed by atoms with van der Waals surface area (Å²) in [5.41, 5.74) is 2.62. The summed E-state index contributed by atoms with van der Waals surface area (Å²) in [5.74, 6) is 0.797. The monoisotopic (exact) mass is 434 g/mol. The Morgan fingerprint density at radius 2 is 1.75 bits per heavy atom. The van der Waals surface area contributed by atoms with Gasteiger partial charge in [0.05, 0.1) is 13.7 Å². The molecule has 0 aliphatic heterocycles. The zero-order chi connectivity index (χ0) is 23.2.